The number of likely N-dealkylation sites (tertiary alicyclic amines) is 1. The summed E-state index contributed by atoms with van der Waals surface area (Å²) in [6.45, 7) is 5.19. The van der Waals surface area contributed by atoms with Gasteiger partial charge in [-0.2, -0.15) is 15.0 Å². The Morgan fingerprint density at radius 2 is 1.96 bits per heavy atom. The Labute approximate surface area is 143 Å². The van der Waals surface area contributed by atoms with Crippen molar-refractivity contribution in [2.24, 2.45) is 5.92 Å². The molecule has 24 heavy (non-hydrogen) atoms. The Kier molecular flexibility index (Phi) is 5.96. The number of rotatable bonds is 7. The first-order valence-corrected chi connectivity index (χ1v) is 8.73. The molecule has 1 aromatic carbocycles. The first kappa shape index (κ1) is 17.1. The number of nitrogens with zero attached hydrogens (tertiary/aromatic N) is 5. The maximum Gasteiger partial charge on any atom is 0.0971 e. The van der Waals surface area contributed by atoms with E-state index in [1.807, 2.05) is 36.5 Å². The Balaban J connectivity index is 1.47. The van der Waals surface area contributed by atoms with Crippen LogP contribution < -0.4 is 0 Å². The lowest BCUT2D eigenvalue weighted by Gasteiger charge is -2.33. The number of aromatic nitrogens is 3. The zero-order chi connectivity index (χ0) is 16.8. The van der Waals surface area contributed by atoms with E-state index in [2.05, 4.69) is 27.0 Å². The first-order chi connectivity index (χ1) is 11.7. The smallest absolute Gasteiger partial charge is 0.0971 e. The summed E-state index contributed by atoms with van der Waals surface area (Å²) < 4.78 is 0. The molecule has 130 valence electrons. The van der Waals surface area contributed by atoms with Crippen LogP contribution in [0.3, 0.4) is 0 Å². The fourth-order valence-electron chi connectivity index (χ4n) is 3.37. The van der Waals surface area contributed by atoms with Gasteiger partial charge in [-0.3, -0.25) is 0 Å². The molecule has 0 amide bonds. The zero-order valence-electron chi connectivity index (χ0n) is 14.4. The van der Waals surface area contributed by atoms with Crippen molar-refractivity contribution >= 4 is 0 Å². The Morgan fingerprint density at radius 1 is 1.21 bits per heavy atom. The summed E-state index contributed by atoms with van der Waals surface area (Å²) in [5, 5.41) is 18.0. The molecule has 1 fully saturated rings. The van der Waals surface area contributed by atoms with Gasteiger partial charge in [-0.05, 0) is 51.0 Å². The molecule has 0 spiro atoms. The van der Waals surface area contributed by atoms with Crippen LogP contribution in [0.25, 0.3) is 5.69 Å². The number of hydrogen-bond acceptors (Lipinski definition) is 5. The molecule has 1 aliphatic heterocycles. The topological polar surface area (TPSA) is 57.4 Å². The van der Waals surface area contributed by atoms with Gasteiger partial charge in [0.25, 0.3) is 0 Å². The third-order valence-corrected chi connectivity index (χ3v) is 4.65. The first-order valence-electron chi connectivity index (χ1n) is 8.73. The lowest BCUT2D eigenvalue weighted by Crippen LogP contribution is -2.38. The molecule has 0 unspecified atom stereocenters. The van der Waals surface area contributed by atoms with E-state index < -0.39 is 0 Å². The van der Waals surface area contributed by atoms with Crippen molar-refractivity contribution in [2.75, 3.05) is 39.8 Å². The van der Waals surface area contributed by atoms with Gasteiger partial charge in [0, 0.05) is 19.6 Å². The fraction of sp³-hybridized carbons (Fsp3) is 0.556. The van der Waals surface area contributed by atoms with Crippen molar-refractivity contribution < 1.29 is 5.11 Å². The van der Waals surface area contributed by atoms with Gasteiger partial charge < -0.3 is 14.9 Å². The lowest BCUT2D eigenvalue weighted by atomic mass is 9.96. The van der Waals surface area contributed by atoms with E-state index in [4.69, 9.17) is 5.11 Å². The second-order valence-electron chi connectivity index (χ2n) is 6.67. The molecule has 1 aromatic heterocycles. The van der Waals surface area contributed by atoms with Crippen molar-refractivity contribution in [3.63, 3.8) is 0 Å². The minimum absolute atomic E-state index is 0.266. The summed E-state index contributed by atoms with van der Waals surface area (Å²) in [5.41, 5.74) is 1.99. The average molecular weight is 329 g/mol. The van der Waals surface area contributed by atoms with Crippen molar-refractivity contribution in [1.29, 1.82) is 0 Å². The van der Waals surface area contributed by atoms with Crippen molar-refractivity contribution in [1.82, 2.24) is 24.8 Å². The minimum atomic E-state index is 0.266. The third kappa shape index (κ3) is 4.63. The molecule has 2 aromatic rings. The highest BCUT2D eigenvalue weighted by molar-refractivity contribution is 5.28. The predicted molar refractivity (Wildman–Crippen MR) is 93.9 cm³/mol. The normalized spacial score (nSPS) is 16.8. The summed E-state index contributed by atoms with van der Waals surface area (Å²) in [7, 11) is 2.15. The van der Waals surface area contributed by atoms with E-state index in [1.54, 1.807) is 4.80 Å². The van der Waals surface area contributed by atoms with Gasteiger partial charge in [0.2, 0.25) is 0 Å². The van der Waals surface area contributed by atoms with Gasteiger partial charge in [-0.1, -0.05) is 18.2 Å². The fourth-order valence-corrected chi connectivity index (χ4v) is 3.37. The van der Waals surface area contributed by atoms with Crippen LogP contribution in [0.1, 0.15) is 18.5 Å². The summed E-state index contributed by atoms with van der Waals surface area (Å²) in [6.07, 6.45) is 4.27. The minimum Gasteiger partial charge on any atom is -0.395 e. The average Bonchev–Trinajstić information content (AvgIpc) is 3.06. The van der Waals surface area contributed by atoms with Crippen LogP contribution in [-0.2, 0) is 6.54 Å². The standard InChI is InChI=1S/C18H27N5O/c1-21(14-16-7-9-22(10-8-16)11-12-24)15-17-13-19-23(20-17)18-5-3-2-4-6-18/h2-6,13,16,24H,7-12,14-15H2,1H3. The number of benzene rings is 1. The summed E-state index contributed by atoms with van der Waals surface area (Å²) in [4.78, 5) is 6.38. The van der Waals surface area contributed by atoms with E-state index in [9.17, 15) is 0 Å². The van der Waals surface area contributed by atoms with Crippen LogP contribution in [0.4, 0.5) is 0 Å². The van der Waals surface area contributed by atoms with E-state index >= 15 is 0 Å². The summed E-state index contributed by atoms with van der Waals surface area (Å²) in [6, 6.07) is 10.00. The summed E-state index contributed by atoms with van der Waals surface area (Å²) >= 11 is 0. The van der Waals surface area contributed by atoms with Crippen LogP contribution in [0.5, 0.6) is 0 Å². The van der Waals surface area contributed by atoms with Crippen LogP contribution in [0, 0.1) is 5.92 Å². The largest absolute Gasteiger partial charge is 0.395 e. The second-order valence-corrected chi connectivity index (χ2v) is 6.67. The molecule has 3 rings (SSSR count). The van der Waals surface area contributed by atoms with Crippen molar-refractivity contribution in [2.45, 2.75) is 19.4 Å². The van der Waals surface area contributed by atoms with Gasteiger partial charge >= 0.3 is 0 Å². The number of aliphatic hydroxyl groups is 1. The molecule has 0 radical (unpaired) electrons. The molecule has 0 aliphatic carbocycles. The number of aliphatic hydroxyl groups excluding tert-OH is 1. The summed E-state index contributed by atoms with van der Waals surface area (Å²) in [5.74, 6) is 0.731. The van der Waals surface area contributed by atoms with E-state index in [1.165, 1.54) is 12.8 Å². The Hall–Kier alpha value is -1.76. The zero-order valence-corrected chi connectivity index (χ0v) is 14.4. The van der Waals surface area contributed by atoms with Gasteiger partial charge in [0.15, 0.2) is 0 Å². The quantitative estimate of drug-likeness (QED) is 0.832. The second kappa shape index (κ2) is 8.37. The lowest BCUT2D eigenvalue weighted by molar-refractivity contribution is 0.129. The van der Waals surface area contributed by atoms with Crippen molar-refractivity contribution in [3.8, 4) is 5.69 Å². The van der Waals surface area contributed by atoms with Crippen LogP contribution in [0.15, 0.2) is 36.5 Å². The van der Waals surface area contributed by atoms with Gasteiger partial charge in [0.05, 0.1) is 24.2 Å². The third-order valence-electron chi connectivity index (χ3n) is 4.65. The molecule has 1 N–H and O–H groups in total. The van der Waals surface area contributed by atoms with Gasteiger partial charge in [-0.15, -0.1) is 0 Å². The molecule has 0 bridgehead atoms. The van der Waals surface area contributed by atoms with E-state index in [0.717, 1.165) is 50.0 Å². The highest BCUT2D eigenvalue weighted by atomic mass is 16.3. The van der Waals surface area contributed by atoms with Gasteiger partial charge in [0.1, 0.15) is 0 Å². The molecular weight excluding hydrogens is 302 g/mol. The Bertz CT molecular complexity index is 607. The molecule has 6 nitrogen and oxygen atoms in total. The predicted octanol–water partition coefficient (Wildman–Crippen LogP) is 1.40. The number of β-amino-alcohol motifs (C(OH)–C–C–N with tert-alkyl or cyclic N) is 1. The molecule has 1 saturated heterocycles. The monoisotopic (exact) mass is 329 g/mol. The van der Waals surface area contributed by atoms with Gasteiger partial charge in [-0.25, -0.2) is 0 Å². The molecule has 0 atom stereocenters. The SMILES string of the molecule is CN(Cc1cnn(-c2ccccc2)n1)CC1CCN(CCO)CC1. The molecule has 2 heterocycles. The number of hydrogen-bond donors (Lipinski definition) is 1. The number of para-hydroxylation sites is 1. The molecule has 1 aliphatic rings. The molecule has 6 heteroatoms. The number of piperidine rings is 1. The van der Waals surface area contributed by atoms with Crippen LogP contribution in [0.2, 0.25) is 0 Å². The van der Waals surface area contributed by atoms with Crippen LogP contribution in [-0.4, -0.2) is 69.7 Å². The highest BCUT2D eigenvalue weighted by Gasteiger charge is 2.20. The molecule has 0 saturated carbocycles. The van der Waals surface area contributed by atoms with Crippen molar-refractivity contribution in [3.05, 3.63) is 42.2 Å². The Morgan fingerprint density at radius 3 is 2.67 bits per heavy atom. The highest BCUT2D eigenvalue weighted by Crippen LogP contribution is 2.18. The van der Waals surface area contributed by atoms with E-state index in [0.29, 0.717) is 0 Å². The molecular formula is C18H27N5O. The maximum absolute atomic E-state index is 9.01. The van der Waals surface area contributed by atoms with Crippen LogP contribution >= 0.6 is 0 Å². The van der Waals surface area contributed by atoms with E-state index in [-0.39, 0.29) is 6.61 Å². The maximum atomic E-state index is 9.01.